The van der Waals surface area contributed by atoms with Crippen LogP contribution in [0.4, 0.5) is 11.4 Å². The Labute approximate surface area is 153 Å². The van der Waals surface area contributed by atoms with Crippen LogP contribution < -0.4 is 20.9 Å². The van der Waals surface area contributed by atoms with Gasteiger partial charge in [-0.25, -0.2) is 0 Å². The van der Waals surface area contributed by atoms with Gasteiger partial charge in [0.15, 0.2) is 0 Å². The first-order valence-electron chi connectivity index (χ1n) is 7.53. The third-order valence-corrected chi connectivity index (χ3v) is 3.19. The van der Waals surface area contributed by atoms with E-state index >= 15 is 0 Å². The Hall–Kier alpha value is -4.12. The van der Waals surface area contributed by atoms with Gasteiger partial charge < -0.3 is 20.9 Å². The van der Waals surface area contributed by atoms with Gasteiger partial charge in [0.05, 0.1) is 25.6 Å². The molecule has 2 rings (SSSR count). The molecule has 2 aromatic carbocycles. The minimum absolute atomic E-state index is 0.562. The molecule has 4 heteroatoms. The molecule has 0 aliphatic heterocycles. The minimum atomic E-state index is 0.562. The second kappa shape index (κ2) is 9.24. The minimum Gasteiger partial charge on any atom is -0.495 e. The van der Waals surface area contributed by atoms with Gasteiger partial charge in [-0.1, -0.05) is 11.8 Å². The first kappa shape index (κ1) is 18.2. The molecule has 126 valence electrons. The lowest BCUT2D eigenvalue weighted by Crippen LogP contribution is -1.92. The van der Waals surface area contributed by atoms with Crippen LogP contribution in [-0.4, -0.2) is 14.2 Å². The van der Waals surface area contributed by atoms with Crippen molar-refractivity contribution >= 4 is 11.4 Å². The Morgan fingerprint density at radius 3 is 1.38 bits per heavy atom. The monoisotopic (exact) mass is 340 g/mol. The summed E-state index contributed by atoms with van der Waals surface area (Å²) in [4.78, 5) is 0. The third kappa shape index (κ3) is 5.21. The van der Waals surface area contributed by atoms with Gasteiger partial charge >= 0.3 is 0 Å². The molecule has 0 amide bonds. The molecule has 0 radical (unpaired) electrons. The summed E-state index contributed by atoms with van der Waals surface area (Å²) in [7, 11) is 3.11. The van der Waals surface area contributed by atoms with Crippen molar-refractivity contribution in [3.05, 3.63) is 47.5 Å². The molecule has 4 nitrogen and oxygen atoms in total. The standard InChI is InChI=1S/C22H16N2O2/c1-25-21-15-17(11-13-19(21)23)9-7-5-3-4-6-8-10-18-12-14-20(24)22(16-18)26-2/h11-16H,23-24H2,1-2H3. The van der Waals surface area contributed by atoms with Crippen LogP contribution in [0.25, 0.3) is 0 Å². The molecule has 0 bridgehead atoms. The fourth-order valence-electron chi connectivity index (χ4n) is 1.91. The second-order valence-electron chi connectivity index (χ2n) is 4.91. The van der Waals surface area contributed by atoms with E-state index in [0.29, 0.717) is 22.9 Å². The topological polar surface area (TPSA) is 70.5 Å². The highest BCUT2D eigenvalue weighted by molar-refractivity contribution is 5.58. The van der Waals surface area contributed by atoms with Crippen molar-refractivity contribution in [1.82, 2.24) is 0 Å². The molecule has 0 saturated carbocycles. The largest absolute Gasteiger partial charge is 0.495 e. The summed E-state index contributed by atoms with van der Waals surface area (Å²) in [5.41, 5.74) is 14.1. The van der Waals surface area contributed by atoms with Crippen molar-refractivity contribution in [2.24, 2.45) is 0 Å². The number of benzene rings is 2. The molecule has 0 aromatic heterocycles. The summed E-state index contributed by atoms with van der Waals surface area (Å²) in [5, 5.41) is 0. The molecule has 0 spiro atoms. The quantitative estimate of drug-likeness (QED) is 0.650. The van der Waals surface area contributed by atoms with E-state index in [1.165, 1.54) is 0 Å². The van der Waals surface area contributed by atoms with Crippen molar-refractivity contribution in [2.75, 3.05) is 25.7 Å². The Morgan fingerprint density at radius 1 is 0.615 bits per heavy atom. The average Bonchev–Trinajstić information content (AvgIpc) is 2.66. The molecular weight excluding hydrogens is 324 g/mol. The number of anilines is 2. The first-order chi connectivity index (χ1) is 12.6. The van der Waals surface area contributed by atoms with Crippen LogP contribution in [0.2, 0.25) is 0 Å². The lowest BCUT2D eigenvalue weighted by molar-refractivity contribution is 0.417. The highest BCUT2D eigenvalue weighted by Gasteiger charge is 1.98. The Bertz CT molecular complexity index is 969. The molecule has 0 saturated heterocycles. The second-order valence-corrected chi connectivity index (χ2v) is 4.91. The van der Waals surface area contributed by atoms with Gasteiger partial charge in [-0.3, -0.25) is 0 Å². The van der Waals surface area contributed by atoms with Crippen LogP contribution in [-0.2, 0) is 0 Å². The summed E-state index contributed by atoms with van der Waals surface area (Å²) >= 11 is 0. The third-order valence-electron chi connectivity index (χ3n) is 3.19. The van der Waals surface area contributed by atoms with Gasteiger partial charge in [-0.15, -0.1) is 0 Å². The van der Waals surface area contributed by atoms with Gasteiger partial charge in [0.2, 0.25) is 0 Å². The van der Waals surface area contributed by atoms with E-state index in [9.17, 15) is 0 Å². The van der Waals surface area contributed by atoms with E-state index in [1.807, 2.05) is 0 Å². The number of methoxy groups -OCH3 is 2. The number of rotatable bonds is 2. The summed E-state index contributed by atoms with van der Waals surface area (Å²) in [6, 6.07) is 10.6. The predicted octanol–water partition coefficient (Wildman–Crippen LogP) is 2.28. The summed E-state index contributed by atoms with van der Waals surface area (Å²) in [6.45, 7) is 0. The average molecular weight is 340 g/mol. The number of ether oxygens (including phenoxy) is 2. The van der Waals surface area contributed by atoms with E-state index in [4.69, 9.17) is 20.9 Å². The molecule has 0 aliphatic carbocycles. The fourth-order valence-corrected chi connectivity index (χ4v) is 1.91. The molecule has 4 N–H and O–H groups in total. The van der Waals surface area contributed by atoms with Crippen molar-refractivity contribution in [3.63, 3.8) is 0 Å². The Morgan fingerprint density at radius 2 is 1.00 bits per heavy atom. The first-order valence-corrected chi connectivity index (χ1v) is 7.53. The van der Waals surface area contributed by atoms with E-state index in [2.05, 4.69) is 47.4 Å². The maximum absolute atomic E-state index is 5.74. The molecule has 0 atom stereocenters. The van der Waals surface area contributed by atoms with Gasteiger partial charge in [-0.2, -0.15) is 0 Å². The smallest absolute Gasteiger partial charge is 0.142 e. The molecule has 0 heterocycles. The van der Waals surface area contributed by atoms with Gasteiger partial charge in [0, 0.05) is 11.1 Å². The van der Waals surface area contributed by atoms with Crippen molar-refractivity contribution in [3.8, 4) is 58.9 Å². The number of nitrogen functional groups attached to an aromatic ring is 2. The molecule has 2 aromatic rings. The van der Waals surface area contributed by atoms with Crippen LogP contribution >= 0.6 is 0 Å². The van der Waals surface area contributed by atoms with E-state index < -0.39 is 0 Å². The number of nitrogens with two attached hydrogens (primary N) is 2. The van der Waals surface area contributed by atoms with Gasteiger partial charge in [-0.05, 0) is 71.9 Å². The summed E-state index contributed by atoms with van der Waals surface area (Å²) in [6.07, 6.45) is 0. The maximum Gasteiger partial charge on any atom is 0.142 e. The Balaban J connectivity index is 2.01. The van der Waals surface area contributed by atoms with Crippen LogP contribution in [0.15, 0.2) is 36.4 Å². The van der Waals surface area contributed by atoms with Crippen molar-refractivity contribution in [1.29, 1.82) is 0 Å². The van der Waals surface area contributed by atoms with E-state index in [0.717, 1.165) is 11.1 Å². The molecule has 0 unspecified atom stereocenters. The van der Waals surface area contributed by atoms with Gasteiger partial charge in [0.1, 0.15) is 11.5 Å². The SMILES string of the molecule is COc1cc(C#CC#CC#CC#Cc2ccc(N)c(OC)c2)ccc1N. The predicted molar refractivity (Wildman–Crippen MR) is 104 cm³/mol. The van der Waals surface area contributed by atoms with E-state index in [-0.39, 0.29) is 0 Å². The molecule has 0 fully saturated rings. The van der Waals surface area contributed by atoms with Crippen molar-refractivity contribution < 1.29 is 9.47 Å². The maximum atomic E-state index is 5.74. The number of hydrogen-bond acceptors (Lipinski definition) is 4. The fraction of sp³-hybridized carbons (Fsp3) is 0.0909. The lowest BCUT2D eigenvalue weighted by atomic mass is 10.2. The van der Waals surface area contributed by atoms with E-state index in [1.54, 1.807) is 50.6 Å². The highest BCUT2D eigenvalue weighted by atomic mass is 16.5. The molecular formula is C22H16N2O2. The molecule has 26 heavy (non-hydrogen) atoms. The van der Waals surface area contributed by atoms with Crippen LogP contribution in [0.1, 0.15) is 11.1 Å². The van der Waals surface area contributed by atoms with Crippen LogP contribution in [0.5, 0.6) is 11.5 Å². The summed E-state index contributed by atoms with van der Waals surface area (Å²) in [5.74, 6) is 22.9. The van der Waals surface area contributed by atoms with Crippen molar-refractivity contribution in [2.45, 2.75) is 0 Å². The zero-order chi connectivity index (χ0) is 18.8. The highest BCUT2D eigenvalue weighted by Crippen LogP contribution is 2.22. The van der Waals surface area contributed by atoms with Crippen LogP contribution in [0, 0.1) is 47.4 Å². The normalized spacial score (nSPS) is 8.23. The Kier molecular flexibility index (Phi) is 6.48. The zero-order valence-electron chi connectivity index (χ0n) is 14.4. The number of hydrogen-bond donors (Lipinski definition) is 2. The molecule has 0 aliphatic rings. The zero-order valence-corrected chi connectivity index (χ0v) is 14.4. The van der Waals surface area contributed by atoms with Crippen LogP contribution in [0.3, 0.4) is 0 Å². The summed E-state index contributed by atoms with van der Waals surface area (Å²) < 4.78 is 10.3. The van der Waals surface area contributed by atoms with Gasteiger partial charge in [0.25, 0.3) is 0 Å². The lowest BCUT2D eigenvalue weighted by Gasteiger charge is -2.03.